The van der Waals surface area contributed by atoms with Crippen LogP contribution < -0.4 is 4.90 Å². The summed E-state index contributed by atoms with van der Waals surface area (Å²) in [6, 6.07) is 2.26. The molecule has 0 aliphatic carbocycles. The summed E-state index contributed by atoms with van der Waals surface area (Å²) in [7, 11) is 0. The predicted molar refractivity (Wildman–Crippen MR) is 76.7 cm³/mol. The molecule has 1 fully saturated rings. The van der Waals surface area contributed by atoms with Crippen LogP contribution in [-0.2, 0) is 12.6 Å². The Morgan fingerprint density at radius 2 is 2.00 bits per heavy atom. The van der Waals surface area contributed by atoms with E-state index in [-0.39, 0.29) is 24.8 Å². The number of nitrogens with zero attached hydrogens (tertiary/aromatic N) is 4. The van der Waals surface area contributed by atoms with Crippen molar-refractivity contribution in [2.45, 2.75) is 18.7 Å². The lowest BCUT2D eigenvalue weighted by Crippen LogP contribution is -2.25. The highest BCUT2D eigenvalue weighted by atomic mass is 19.4. The van der Waals surface area contributed by atoms with Gasteiger partial charge in [0.1, 0.15) is 5.82 Å². The molecule has 122 valence electrons. The van der Waals surface area contributed by atoms with E-state index in [0.717, 1.165) is 6.07 Å². The molecule has 2 aromatic heterocycles. The smallest absolute Gasteiger partial charge is 0.391 e. The maximum atomic E-state index is 13.1. The van der Waals surface area contributed by atoms with Crippen molar-refractivity contribution in [2.24, 2.45) is 5.92 Å². The first-order chi connectivity index (χ1) is 10.9. The molecule has 0 radical (unpaired) electrons. The molecule has 1 saturated heterocycles. The highest BCUT2D eigenvalue weighted by Crippen LogP contribution is 2.37. The van der Waals surface area contributed by atoms with Gasteiger partial charge in [0, 0.05) is 43.8 Å². The Labute approximate surface area is 130 Å². The summed E-state index contributed by atoms with van der Waals surface area (Å²) in [4.78, 5) is 13.5. The molecule has 1 aliphatic rings. The lowest BCUT2D eigenvalue weighted by molar-refractivity contribution is -0.137. The summed E-state index contributed by atoms with van der Waals surface area (Å²) in [5, 5.41) is 10.2. The molecular formula is C15H15F3N4O. The number of hydrogen-bond donors (Lipinski definition) is 1. The summed E-state index contributed by atoms with van der Waals surface area (Å²) in [5.74, 6) is -0.351. The van der Waals surface area contributed by atoms with Crippen LogP contribution in [0.1, 0.15) is 11.3 Å². The molecule has 0 saturated carbocycles. The SMILES string of the molecule is O[C@@H]1CN(c2ncccc2C(F)(F)F)C[C@H]1Cc1cnccn1. The third-order valence-corrected chi connectivity index (χ3v) is 3.89. The monoisotopic (exact) mass is 324 g/mol. The van der Waals surface area contributed by atoms with Gasteiger partial charge in [-0.1, -0.05) is 0 Å². The van der Waals surface area contributed by atoms with Crippen LogP contribution in [0, 0.1) is 5.92 Å². The third-order valence-electron chi connectivity index (χ3n) is 3.89. The van der Waals surface area contributed by atoms with Crippen LogP contribution >= 0.6 is 0 Å². The fourth-order valence-electron chi connectivity index (χ4n) is 2.80. The van der Waals surface area contributed by atoms with E-state index in [1.165, 1.54) is 17.2 Å². The second kappa shape index (κ2) is 6.11. The minimum absolute atomic E-state index is 0.116. The summed E-state index contributed by atoms with van der Waals surface area (Å²) in [6.45, 7) is 0.406. The largest absolute Gasteiger partial charge is 0.419 e. The summed E-state index contributed by atoms with van der Waals surface area (Å²) < 4.78 is 39.3. The van der Waals surface area contributed by atoms with Gasteiger partial charge in [-0.2, -0.15) is 13.2 Å². The summed E-state index contributed by atoms with van der Waals surface area (Å²) in [5.41, 5.74) is -0.0807. The van der Waals surface area contributed by atoms with Gasteiger partial charge >= 0.3 is 6.18 Å². The molecule has 23 heavy (non-hydrogen) atoms. The van der Waals surface area contributed by atoms with Gasteiger partial charge in [0.2, 0.25) is 0 Å². The van der Waals surface area contributed by atoms with Crippen molar-refractivity contribution in [1.29, 1.82) is 0 Å². The molecular weight excluding hydrogens is 309 g/mol. The molecule has 1 N–H and O–H groups in total. The Balaban J connectivity index is 1.79. The van der Waals surface area contributed by atoms with Crippen molar-refractivity contribution in [3.8, 4) is 0 Å². The van der Waals surface area contributed by atoms with Crippen LogP contribution in [0.3, 0.4) is 0 Å². The summed E-state index contributed by atoms with van der Waals surface area (Å²) >= 11 is 0. The number of pyridine rings is 1. The summed E-state index contributed by atoms with van der Waals surface area (Å²) in [6.07, 6.45) is 1.26. The van der Waals surface area contributed by atoms with Gasteiger partial charge in [0.15, 0.2) is 0 Å². The third kappa shape index (κ3) is 3.42. The van der Waals surface area contributed by atoms with Crippen molar-refractivity contribution >= 4 is 5.82 Å². The topological polar surface area (TPSA) is 62.1 Å². The Hall–Kier alpha value is -2.22. The number of anilines is 1. The van der Waals surface area contributed by atoms with Crippen LogP contribution in [0.5, 0.6) is 0 Å². The van der Waals surface area contributed by atoms with Crippen molar-refractivity contribution in [3.63, 3.8) is 0 Å². The van der Waals surface area contributed by atoms with Crippen LogP contribution in [0.2, 0.25) is 0 Å². The molecule has 5 nitrogen and oxygen atoms in total. The Morgan fingerprint density at radius 3 is 2.70 bits per heavy atom. The van der Waals surface area contributed by atoms with Crippen molar-refractivity contribution in [2.75, 3.05) is 18.0 Å². The first-order valence-electron chi connectivity index (χ1n) is 7.15. The van der Waals surface area contributed by atoms with E-state index < -0.39 is 17.8 Å². The zero-order valence-electron chi connectivity index (χ0n) is 12.1. The molecule has 0 unspecified atom stereocenters. The molecule has 3 heterocycles. The van der Waals surface area contributed by atoms with Crippen LogP contribution in [0.4, 0.5) is 19.0 Å². The average Bonchev–Trinajstić information content (AvgIpc) is 2.88. The van der Waals surface area contributed by atoms with Crippen molar-refractivity contribution in [3.05, 3.63) is 48.2 Å². The van der Waals surface area contributed by atoms with Crippen LogP contribution in [-0.4, -0.2) is 39.3 Å². The zero-order chi connectivity index (χ0) is 16.4. The van der Waals surface area contributed by atoms with Gasteiger partial charge in [-0.3, -0.25) is 9.97 Å². The number of alkyl halides is 3. The Kier molecular flexibility index (Phi) is 4.16. The molecule has 3 rings (SSSR count). The molecule has 0 amide bonds. The first-order valence-corrected chi connectivity index (χ1v) is 7.15. The zero-order valence-corrected chi connectivity index (χ0v) is 12.1. The van der Waals surface area contributed by atoms with E-state index in [4.69, 9.17) is 0 Å². The van der Waals surface area contributed by atoms with E-state index in [1.807, 2.05) is 0 Å². The highest BCUT2D eigenvalue weighted by molar-refractivity contribution is 5.49. The van der Waals surface area contributed by atoms with Crippen LogP contribution in [0.15, 0.2) is 36.9 Å². The minimum Gasteiger partial charge on any atom is -0.391 e. The van der Waals surface area contributed by atoms with Gasteiger partial charge in [-0.05, 0) is 18.6 Å². The average molecular weight is 324 g/mol. The van der Waals surface area contributed by atoms with Gasteiger partial charge in [0.25, 0.3) is 0 Å². The standard InChI is InChI=1S/C15H15F3N4O/c16-15(17,18)12-2-1-3-21-14(12)22-8-10(13(23)9-22)6-11-7-19-4-5-20-11/h1-5,7,10,13,23H,6,8-9H2/t10-,13-/m1/s1. The van der Waals surface area contributed by atoms with Gasteiger partial charge in [-0.15, -0.1) is 0 Å². The highest BCUT2D eigenvalue weighted by Gasteiger charge is 2.39. The Bertz CT molecular complexity index is 665. The number of aromatic nitrogens is 3. The Morgan fingerprint density at radius 1 is 1.17 bits per heavy atom. The van der Waals surface area contributed by atoms with E-state index >= 15 is 0 Å². The second-order valence-electron chi connectivity index (χ2n) is 5.51. The first kappa shape index (κ1) is 15.7. The maximum absolute atomic E-state index is 13.1. The number of aliphatic hydroxyl groups is 1. The fourth-order valence-corrected chi connectivity index (χ4v) is 2.80. The van der Waals surface area contributed by atoms with Gasteiger partial charge in [0.05, 0.1) is 17.4 Å². The fraction of sp³-hybridized carbons (Fsp3) is 0.400. The molecule has 0 bridgehead atoms. The quantitative estimate of drug-likeness (QED) is 0.935. The lowest BCUT2D eigenvalue weighted by Gasteiger charge is -2.21. The number of hydrogen-bond acceptors (Lipinski definition) is 5. The normalized spacial score (nSPS) is 21.7. The van der Waals surface area contributed by atoms with Crippen molar-refractivity contribution in [1.82, 2.24) is 15.0 Å². The second-order valence-corrected chi connectivity index (χ2v) is 5.51. The molecule has 2 aromatic rings. The number of aliphatic hydroxyl groups excluding tert-OH is 1. The molecule has 0 spiro atoms. The van der Waals surface area contributed by atoms with Gasteiger partial charge < -0.3 is 10.0 Å². The molecule has 0 aromatic carbocycles. The predicted octanol–water partition coefficient (Wildman–Crippen LogP) is 1.93. The van der Waals surface area contributed by atoms with E-state index in [2.05, 4.69) is 15.0 Å². The number of β-amino-alcohol motifs (C(OH)–C–C–N with tert-alkyl or cyclic N) is 1. The van der Waals surface area contributed by atoms with E-state index in [0.29, 0.717) is 12.1 Å². The molecule has 1 aliphatic heterocycles. The maximum Gasteiger partial charge on any atom is 0.419 e. The van der Waals surface area contributed by atoms with Crippen molar-refractivity contribution < 1.29 is 18.3 Å². The molecule has 8 heteroatoms. The number of rotatable bonds is 3. The van der Waals surface area contributed by atoms with Crippen LogP contribution in [0.25, 0.3) is 0 Å². The minimum atomic E-state index is -4.47. The van der Waals surface area contributed by atoms with E-state index in [9.17, 15) is 18.3 Å². The molecule has 2 atom stereocenters. The van der Waals surface area contributed by atoms with E-state index in [1.54, 1.807) is 18.6 Å². The number of halogens is 3. The lowest BCUT2D eigenvalue weighted by atomic mass is 10.0. The van der Waals surface area contributed by atoms with Gasteiger partial charge in [-0.25, -0.2) is 4.98 Å².